The molecular formula is C17H23NOS. The van der Waals surface area contributed by atoms with Crippen LogP contribution in [0.4, 0.5) is 0 Å². The van der Waals surface area contributed by atoms with Gasteiger partial charge in [0.1, 0.15) is 5.75 Å². The first-order chi connectivity index (χ1) is 9.71. The molecule has 3 heteroatoms. The predicted molar refractivity (Wildman–Crippen MR) is 86.7 cm³/mol. The second kappa shape index (κ2) is 7.46. The second-order valence-corrected chi connectivity index (χ2v) is 6.33. The Morgan fingerprint density at radius 1 is 1.10 bits per heavy atom. The number of nitrogens with two attached hydrogens (primary N) is 1. The zero-order valence-corrected chi connectivity index (χ0v) is 13.1. The molecule has 2 nitrogen and oxygen atoms in total. The van der Waals surface area contributed by atoms with Crippen molar-refractivity contribution in [1.82, 2.24) is 0 Å². The topological polar surface area (TPSA) is 35.2 Å². The Hall–Kier alpha value is -1.32. The molecule has 108 valence electrons. The monoisotopic (exact) mass is 289 g/mol. The zero-order valence-electron chi connectivity index (χ0n) is 12.3. The highest BCUT2D eigenvalue weighted by atomic mass is 32.1. The first kappa shape index (κ1) is 15.1. The molecule has 0 fully saturated rings. The van der Waals surface area contributed by atoms with Gasteiger partial charge in [0.15, 0.2) is 0 Å². The average molecular weight is 289 g/mol. The molecule has 0 saturated carbocycles. The van der Waals surface area contributed by atoms with Gasteiger partial charge in [-0.3, -0.25) is 0 Å². The molecule has 0 aliphatic rings. The van der Waals surface area contributed by atoms with Gasteiger partial charge in [0.05, 0.1) is 7.11 Å². The Bertz CT molecular complexity index is 518. The van der Waals surface area contributed by atoms with Crippen molar-refractivity contribution in [2.24, 2.45) is 5.73 Å². The van der Waals surface area contributed by atoms with Crippen LogP contribution in [-0.4, -0.2) is 13.2 Å². The van der Waals surface area contributed by atoms with Crippen molar-refractivity contribution in [3.05, 3.63) is 51.7 Å². The van der Waals surface area contributed by atoms with Gasteiger partial charge in [-0.25, -0.2) is 0 Å². The standard InChI is InChI=1S/C17H23NOS/c1-3-16-10-11-17(20-16)12-14(18)7-4-13-5-8-15(19-2)9-6-13/h5-6,8-11,14H,3-4,7,12,18H2,1-2H3. The van der Waals surface area contributed by atoms with E-state index < -0.39 is 0 Å². The minimum absolute atomic E-state index is 0.237. The van der Waals surface area contributed by atoms with E-state index in [2.05, 4.69) is 31.2 Å². The van der Waals surface area contributed by atoms with Crippen LogP contribution in [0.2, 0.25) is 0 Å². The van der Waals surface area contributed by atoms with Crippen molar-refractivity contribution in [2.75, 3.05) is 7.11 Å². The van der Waals surface area contributed by atoms with Gasteiger partial charge in [-0.05, 0) is 55.5 Å². The molecule has 0 bridgehead atoms. The molecule has 1 atom stereocenters. The number of thiophene rings is 1. The van der Waals surface area contributed by atoms with Gasteiger partial charge >= 0.3 is 0 Å². The molecule has 20 heavy (non-hydrogen) atoms. The maximum Gasteiger partial charge on any atom is 0.118 e. The molecule has 0 radical (unpaired) electrons. The van der Waals surface area contributed by atoms with E-state index in [1.54, 1.807) is 7.11 Å². The summed E-state index contributed by atoms with van der Waals surface area (Å²) in [6, 6.07) is 12.9. The van der Waals surface area contributed by atoms with Crippen LogP contribution in [0.3, 0.4) is 0 Å². The van der Waals surface area contributed by atoms with Crippen molar-refractivity contribution in [1.29, 1.82) is 0 Å². The summed E-state index contributed by atoms with van der Waals surface area (Å²) in [6.07, 6.45) is 4.15. The number of hydrogen-bond acceptors (Lipinski definition) is 3. The van der Waals surface area contributed by atoms with E-state index >= 15 is 0 Å². The molecule has 1 aromatic heterocycles. The lowest BCUT2D eigenvalue weighted by atomic mass is 10.0. The van der Waals surface area contributed by atoms with E-state index in [4.69, 9.17) is 10.5 Å². The summed E-state index contributed by atoms with van der Waals surface area (Å²) >= 11 is 1.89. The van der Waals surface area contributed by atoms with Crippen LogP contribution in [0.25, 0.3) is 0 Å². The van der Waals surface area contributed by atoms with Crippen molar-refractivity contribution in [2.45, 2.75) is 38.6 Å². The Labute approximate surface area is 125 Å². The molecule has 2 rings (SSSR count). The number of benzene rings is 1. The van der Waals surface area contributed by atoms with E-state index in [0.29, 0.717) is 0 Å². The lowest BCUT2D eigenvalue weighted by molar-refractivity contribution is 0.414. The maximum absolute atomic E-state index is 6.24. The molecular weight excluding hydrogens is 266 g/mol. The van der Waals surface area contributed by atoms with Gasteiger partial charge in [-0.2, -0.15) is 0 Å². The molecule has 0 amide bonds. The highest BCUT2D eigenvalue weighted by Crippen LogP contribution is 2.19. The second-order valence-electron chi connectivity index (χ2n) is 5.07. The molecule has 1 heterocycles. The van der Waals surface area contributed by atoms with E-state index in [1.807, 2.05) is 23.5 Å². The van der Waals surface area contributed by atoms with E-state index in [-0.39, 0.29) is 6.04 Å². The Balaban J connectivity index is 1.80. The van der Waals surface area contributed by atoms with Crippen molar-refractivity contribution in [3.63, 3.8) is 0 Å². The summed E-state index contributed by atoms with van der Waals surface area (Å²) in [4.78, 5) is 2.85. The fraction of sp³-hybridized carbons (Fsp3) is 0.412. The minimum atomic E-state index is 0.237. The van der Waals surface area contributed by atoms with Crippen LogP contribution in [0.1, 0.15) is 28.7 Å². The van der Waals surface area contributed by atoms with Gasteiger partial charge in [-0.1, -0.05) is 19.1 Å². The lowest BCUT2D eigenvalue weighted by Crippen LogP contribution is -2.23. The minimum Gasteiger partial charge on any atom is -0.497 e. The van der Waals surface area contributed by atoms with Gasteiger partial charge in [0.2, 0.25) is 0 Å². The normalized spacial score (nSPS) is 12.3. The molecule has 1 aromatic carbocycles. The number of aryl methyl sites for hydroxylation is 2. The molecule has 0 aliphatic heterocycles. The van der Waals surface area contributed by atoms with E-state index in [0.717, 1.165) is 31.4 Å². The summed E-state index contributed by atoms with van der Waals surface area (Å²) in [6.45, 7) is 2.19. The molecule has 0 aliphatic carbocycles. The van der Waals surface area contributed by atoms with Gasteiger partial charge < -0.3 is 10.5 Å². The summed E-state index contributed by atoms with van der Waals surface area (Å²) in [5.41, 5.74) is 7.56. The average Bonchev–Trinajstić information content (AvgIpc) is 2.93. The first-order valence-corrected chi connectivity index (χ1v) is 7.99. The van der Waals surface area contributed by atoms with Crippen molar-refractivity contribution >= 4 is 11.3 Å². The van der Waals surface area contributed by atoms with Crippen LogP contribution < -0.4 is 10.5 Å². The van der Waals surface area contributed by atoms with Crippen molar-refractivity contribution < 1.29 is 4.74 Å². The number of hydrogen-bond donors (Lipinski definition) is 1. The fourth-order valence-electron chi connectivity index (χ4n) is 2.23. The molecule has 2 aromatic rings. The van der Waals surface area contributed by atoms with Crippen LogP contribution in [-0.2, 0) is 19.3 Å². The smallest absolute Gasteiger partial charge is 0.118 e. The van der Waals surface area contributed by atoms with Crippen LogP contribution in [0.15, 0.2) is 36.4 Å². The highest BCUT2D eigenvalue weighted by Gasteiger charge is 2.07. The van der Waals surface area contributed by atoms with Gasteiger partial charge in [0, 0.05) is 15.8 Å². The third kappa shape index (κ3) is 4.36. The largest absolute Gasteiger partial charge is 0.497 e. The van der Waals surface area contributed by atoms with Gasteiger partial charge in [0.25, 0.3) is 0 Å². The molecule has 1 unspecified atom stereocenters. The summed E-state index contributed by atoms with van der Waals surface area (Å²) in [7, 11) is 1.69. The molecule has 0 saturated heterocycles. The SMILES string of the molecule is CCc1ccc(CC(N)CCc2ccc(OC)cc2)s1. The quantitative estimate of drug-likeness (QED) is 0.841. The predicted octanol–water partition coefficient (Wildman–Crippen LogP) is 3.82. The molecule has 0 spiro atoms. The fourth-order valence-corrected chi connectivity index (χ4v) is 3.28. The zero-order chi connectivity index (χ0) is 14.4. The maximum atomic E-state index is 6.24. The number of methoxy groups -OCH3 is 1. The third-order valence-corrected chi connectivity index (χ3v) is 4.74. The van der Waals surface area contributed by atoms with Crippen LogP contribution in [0.5, 0.6) is 5.75 Å². The summed E-state index contributed by atoms with van der Waals surface area (Å²) in [5, 5.41) is 0. The number of rotatable bonds is 7. The van der Waals surface area contributed by atoms with Crippen LogP contribution >= 0.6 is 11.3 Å². The van der Waals surface area contributed by atoms with Crippen molar-refractivity contribution in [3.8, 4) is 5.75 Å². The summed E-state index contributed by atoms with van der Waals surface area (Å²) in [5.74, 6) is 0.906. The van der Waals surface area contributed by atoms with Crippen LogP contribution in [0, 0.1) is 0 Å². The number of ether oxygens (including phenoxy) is 1. The molecule has 2 N–H and O–H groups in total. The summed E-state index contributed by atoms with van der Waals surface area (Å²) < 4.78 is 5.16. The van der Waals surface area contributed by atoms with E-state index in [9.17, 15) is 0 Å². The Morgan fingerprint density at radius 3 is 2.40 bits per heavy atom. The van der Waals surface area contributed by atoms with E-state index in [1.165, 1.54) is 15.3 Å². The Morgan fingerprint density at radius 2 is 1.80 bits per heavy atom. The Kier molecular flexibility index (Phi) is 5.62. The third-order valence-electron chi connectivity index (χ3n) is 3.49. The first-order valence-electron chi connectivity index (χ1n) is 7.17. The van der Waals surface area contributed by atoms with Gasteiger partial charge in [-0.15, -0.1) is 11.3 Å². The highest BCUT2D eigenvalue weighted by molar-refractivity contribution is 7.11. The lowest BCUT2D eigenvalue weighted by Gasteiger charge is -2.10.